The fourth-order valence-electron chi connectivity index (χ4n) is 0.977. The summed E-state index contributed by atoms with van der Waals surface area (Å²) in [6.07, 6.45) is 3.72. The zero-order chi connectivity index (χ0) is 8.27. The molecule has 0 fully saturated rings. The molecule has 0 unspecified atom stereocenters. The van der Waals surface area contributed by atoms with E-state index in [0.717, 1.165) is 11.3 Å². The van der Waals surface area contributed by atoms with Crippen LogP contribution < -0.4 is 4.67 Å². The molecule has 0 saturated carbocycles. The van der Waals surface area contributed by atoms with E-state index >= 15 is 0 Å². The molecule has 0 aliphatic carbocycles. The van der Waals surface area contributed by atoms with Crippen molar-refractivity contribution in [3.63, 3.8) is 0 Å². The van der Waals surface area contributed by atoms with Gasteiger partial charge in [0.05, 0.1) is 5.56 Å². The Morgan fingerprint density at radius 3 is 2.82 bits per heavy atom. The normalized spacial score (nSPS) is 8.55. The van der Waals surface area contributed by atoms with Gasteiger partial charge in [0, 0.05) is 18.5 Å². The first kappa shape index (κ1) is 7.62. The molecule has 11 heavy (non-hydrogen) atoms. The van der Waals surface area contributed by atoms with Crippen molar-refractivity contribution in [2.24, 2.45) is 0 Å². The molecule has 0 spiro atoms. The van der Waals surface area contributed by atoms with E-state index in [4.69, 9.17) is 0 Å². The first-order valence-electron chi connectivity index (χ1n) is 3.45. The lowest BCUT2D eigenvalue weighted by Gasteiger charge is -1.82. The van der Waals surface area contributed by atoms with Gasteiger partial charge in [-0.3, -0.25) is 0 Å². The second kappa shape index (κ2) is 3.07. The van der Waals surface area contributed by atoms with E-state index in [0.29, 0.717) is 0 Å². The lowest BCUT2D eigenvalue weighted by molar-refractivity contribution is 1.26. The van der Waals surface area contributed by atoms with Crippen LogP contribution in [0.2, 0.25) is 0 Å². The number of hydrogen-bond acceptors (Lipinski definition) is 0. The third-order valence-electron chi connectivity index (χ3n) is 1.62. The highest BCUT2D eigenvalue weighted by Gasteiger charge is 2.04. The second-order valence-corrected chi connectivity index (χ2v) is 2.43. The molecule has 1 N–H and O–H groups in total. The molecule has 0 radical (unpaired) electrons. The summed E-state index contributed by atoms with van der Waals surface area (Å²) in [5.41, 5.74) is 3.45. The molecular formula is C9H11N2+. The second-order valence-electron chi connectivity index (χ2n) is 2.43. The van der Waals surface area contributed by atoms with Crippen LogP contribution in [0.3, 0.4) is 0 Å². The average Bonchev–Trinajstić information content (AvgIpc) is 2.29. The van der Waals surface area contributed by atoms with Gasteiger partial charge in [0.1, 0.15) is 0 Å². The van der Waals surface area contributed by atoms with E-state index in [1.807, 2.05) is 20.0 Å². The summed E-state index contributed by atoms with van der Waals surface area (Å²) < 4.78 is 3.83. The summed E-state index contributed by atoms with van der Waals surface area (Å²) in [7, 11) is 0. The predicted molar refractivity (Wildman–Crippen MR) is 48.2 cm³/mol. The number of hydrogen-bond donors (Lipinski definition) is 1. The van der Waals surface area contributed by atoms with Gasteiger partial charge >= 0.3 is 12.1 Å². The summed E-state index contributed by atoms with van der Waals surface area (Å²) in [6, 6.07) is 0. The van der Waals surface area contributed by atoms with Gasteiger partial charge in [-0.1, -0.05) is 0 Å². The molecule has 0 atom stereocenters. The minimum Gasteiger partial charge on any atom is -0.364 e. The van der Waals surface area contributed by atoms with Crippen molar-refractivity contribution in [3.05, 3.63) is 29.6 Å². The van der Waals surface area contributed by atoms with Crippen LogP contribution in [-0.4, -0.2) is 17.1 Å². The highest BCUT2D eigenvalue weighted by molar-refractivity contribution is 5.83. The fourth-order valence-corrected chi connectivity index (χ4v) is 0.977. The van der Waals surface area contributed by atoms with E-state index < -0.39 is 0 Å². The molecule has 0 bridgehead atoms. The molecule has 0 aromatic carbocycles. The van der Waals surface area contributed by atoms with Gasteiger partial charge < -0.3 is 4.98 Å². The molecule has 1 aromatic heterocycles. The van der Waals surface area contributed by atoms with Crippen molar-refractivity contribution in [3.8, 4) is 0 Å². The van der Waals surface area contributed by atoms with Gasteiger partial charge in [-0.25, -0.2) is 0 Å². The summed E-state index contributed by atoms with van der Waals surface area (Å²) in [6.45, 7) is 7.43. The van der Waals surface area contributed by atoms with Gasteiger partial charge in [-0.15, -0.1) is 0 Å². The van der Waals surface area contributed by atoms with Gasteiger partial charge in [0.2, 0.25) is 0 Å². The van der Waals surface area contributed by atoms with Crippen molar-refractivity contribution in [1.29, 1.82) is 0 Å². The average molecular weight is 147 g/mol. The van der Waals surface area contributed by atoms with E-state index in [1.165, 1.54) is 5.56 Å². The van der Waals surface area contributed by atoms with Gasteiger partial charge in [-0.05, 0) is 24.1 Å². The highest BCUT2D eigenvalue weighted by Crippen LogP contribution is 2.07. The van der Waals surface area contributed by atoms with E-state index in [-0.39, 0.29) is 0 Å². The maximum Gasteiger partial charge on any atom is 0.315 e. The molecule has 0 aliphatic rings. The number of H-pyrrole nitrogens is 1. The number of aromatic nitrogens is 1. The number of nitrogens with zero attached hydrogens (tertiary/aromatic N) is 1. The smallest absolute Gasteiger partial charge is 0.315 e. The van der Waals surface area contributed by atoms with Crippen LogP contribution in [0.4, 0.5) is 0 Å². The van der Waals surface area contributed by atoms with E-state index in [9.17, 15) is 0 Å². The topological polar surface area (TPSA) is 29.9 Å². The number of nitrogens with one attached hydrogen (secondary N) is 1. The Kier molecular flexibility index (Phi) is 2.12. The molecule has 0 saturated heterocycles. The van der Waals surface area contributed by atoms with E-state index in [1.54, 1.807) is 6.21 Å². The zero-order valence-corrected chi connectivity index (χ0v) is 6.81. The summed E-state index contributed by atoms with van der Waals surface area (Å²) >= 11 is 0. The SMILES string of the molecule is C=C=[N+]=Cc1c(C)c[nH]c1C. The molecule has 1 rings (SSSR count). The van der Waals surface area contributed by atoms with Crippen molar-refractivity contribution in [2.45, 2.75) is 13.8 Å². The Bertz CT molecular complexity index is 315. The van der Waals surface area contributed by atoms with Crippen LogP contribution in [0, 0.1) is 13.8 Å². The quantitative estimate of drug-likeness (QED) is 0.453. The van der Waals surface area contributed by atoms with Crippen LogP contribution in [0.1, 0.15) is 16.8 Å². The van der Waals surface area contributed by atoms with Crippen molar-refractivity contribution >= 4 is 12.1 Å². The lowest BCUT2D eigenvalue weighted by Crippen LogP contribution is -1.87. The van der Waals surface area contributed by atoms with Gasteiger partial charge in [-0.2, -0.15) is 0 Å². The first-order valence-corrected chi connectivity index (χ1v) is 3.45. The third kappa shape index (κ3) is 1.50. The molecule has 0 aliphatic heterocycles. The molecule has 1 heterocycles. The summed E-state index contributed by atoms with van der Waals surface area (Å²) in [5, 5.41) is 0. The Morgan fingerprint density at radius 2 is 2.36 bits per heavy atom. The lowest BCUT2D eigenvalue weighted by atomic mass is 10.2. The molecule has 2 heteroatoms. The minimum absolute atomic E-state index is 1.13. The third-order valence-corrected chi connectivity index (χ3v) is 1.62. The zero-order valence-electron chi connectivity index (χ0n) is 6.81. The number of aromatic amines is 1. The van der Waals surface area contributed by atoms with E-state index in [2.05, 4.69) is 22.1 Å². The van der Waals surface area contributed by atoms with Crippen LogP contribution in [0.5, 0.6) is 0 Å². The van der Waals surface area contributed by atoms with Crippen LogP contribution in [0.25, 0.3) is 0 Å². The Labute approximate surface area is 66.0 Å². The standard InChI is InChI=1S/C9H10N2/c1-4-10-6-9-7(2)5-11-8(9)3/h5-6H,1H2,2-3H3/p+1. The van der Waals surface area contributed by atoms with Crippen LogP contribution in [-0.2, 0) is 0 Å². The fraction of sp³-hybridized carbons (Fsp3) is 0.222. The Morgan fingerprint density at radius 1 is 1.64 bits per heavy atom. The molecule has 56 valence electrons. The van der Waals surface area contributed by atoms with Crippen molar-refractivity contribution in [1.82, 2.24) is 9.65 Å². The molecular weight excluding hydrogens is 136 g/mol. The first-order chi connectivity index (χ1) is 5.25. The maximum atomic E-state index is 3.83. The largest absolute Gasteiger partial charge is 0.364 e. The van der Waals surface area contributed by atoms with Crippen LogP contribution in [0.15, 0.2) is 12.8 Å². The summed E-state index contributed by atoms with van der Waals surface area (Å²) in [5.74, 6) is 2.47. The van der Waals surface area contributed by atoms with Crippen LogP contribution >= 0.6 is 0 Å². The summed E-state index contributed by atoms with van der Waals surface area (Å²) in [4.78, 5) is 3.11. The van der Waals surface area contributed by atoms with Crippen molar-refractivity contribution < 1.29 is 0 Å². The highest BCUT2D eigenvalue weighted by atomic mass is 14.7. The van der Waals surface area contributed by atoms with Crippen molar-refractivity contribution in [2.75, 3.05) is 0 Å². The minimum atomic E-state index is 1.13. The molecule has 1 aromatic rings. The van der Waals surface area contributed by atoms with Gasteiger partial charge in [0.25, 0.3) is 0 Å². The monoisotopic (exact) mass is 147 g/mol. The maximum absolute atomic E-state index is 3.83. The number of aryl methyl sites for hydroxylation is 2. The molecule has 2 nitrogen and oxygen atoms in total. The number of rotatable bonds is 1. The Balaban J connectivity index is 3.21. The Hall–Kier alpha value is -1.49. The predicted octanol–water partition coefficient (Wildman–Crippen LogP) is 0.973. The van der Waals surface area contributed by atoms with Gasteiger partial charge in [0.15, 0.2) is 0 Å². The molecule has 0 amide bonds.